The highest BCUT2D eigenvalue weighted by molar-refractivity contribution is 7.25. The van der Waals surface area contributed by atoms with Crippen molar-refractivity contribution < 1.29 is 4.42 Å². The number of hydrogen-bond acceptors (Lipinski definition) is 5. The summed E-state index contributed by atoms with van der Waals surface area (Å²) in [6, 6.07) is 57.0. The molecule has 7 aromatic carbocycles. The van der Waals surface area contributed by atoms with Crippen molar-refractivity contribution in [2.45, 2.75) is 0 Å². The Kier molecular flexibility index (Phi) is 6.64. The number of thiophene rings is 1. The van der Waals surface area contributed by atoms with E-state index in [2.05, 4.69) is 109 Å². The normalized spacial score (nSPS) is 11.6. The monoisotopic (exact) mass is 657 g/mol. The Labute approximate surface area is 292 Å². The van der Waals surface area contributed by atoms with Gasteiger partial charge in [0.2, 0.25) is 0 Å². The summed E-state index contributed by atoms with van der Waals surface area (Å²) in [6.45, 7) is 0. The summed E-state index contributed by atoms with van der Waals surface area (Å²) in [4.78, 5) is 15.0. The minimum absolute atomic E-state index is 0.607. The lowest BCUT2D eigenvalue weighted by Gasteiger charge is -2.08. The van der Waals surface area contributed by atoms with E-state index in [1.54, 1.807) is 11.3 Å². The maximum absolute atomic E-state index is 6.21. The summed E-state index contributed by atoms with van der Waals surface area (Å²) in [5.41, 5.74) is 9.29. The first kappa shape index (κ1) is 28.6. The second-order valence-corrected chi connectivity index (χ2v) is 13.5. The third kappa shape index (κ3) is 4.95. The lowest BCUT2D eigenvalue weighted by molar-refractivity contribution is 0.669. The highest BCUT2D eigenvalue weighted by Gasteiger charge is 2.16. The third-order valence-electron chi connectivity index (χ3n) is 9.34. The largest absolute Gasteiger partial charge is 0.456 e. The molecule has 0 spiro atoms. The zero-order chi connectivity index (χ0) is 33.0. The van der Waals surface area contributed by atoms with E-state index in [0.717, 1.165) is 38.6 Å². The number of hydrogen-bond donors (Lipinski definition) is 0. The van der Waals surface area contributed by atoms with Gasteiger partial charge in [-0.05, 0) is 58.7 Å². The fourth-order valence-electron chi connectivity index (χ4n) is 6.82. The van der Waals surface area contributed by atoms with Crippen molar-refractivity contribution in [2.75, 3.05) is 0 Å². The van der Waals surface area contributed by atoms with Crippen LogP contribution in [0.2, 0.25) is 0 Å². The summed E-state index contributed by atoms with van der Waals surface area (Å²) in [7, 11) is 0. The molecular formula is C45H27N3OS. The van der Waals surface area contributed by atoms with Crippen LogP contribution in [-0.4, -0.2) is 15.0 Å². The van der Waals surface area contributed by atoms with Gasteiger partial charge in [0.15, 0.2) is 17.5 Å². The van der Waals surface area contributed by atoms with Gasteiger partial charge < -0.3 is 4.42 Å². The van der Waals surface area contributed by atoms with Gasteiger partial charge in [0.1, 0.15) is 11.2 Å². The highest BCUT2D eigenvalue weighted by atomic mass is 32.1. The van der Waals surface area contributed by atoms with Crippen LogP contribution in [0.4, 0.5) is 0 Å². The number of benzene rings is 7. The van der Waals surface area contributed by atoms with Gasteiger partial charge in [0.25, 0.3) is 0 Å². The fourth-order valence-corrected chi connectivity index (χ4v) is 8.00. The molecular weight excluding hydrogens is 631 g/mol. The van der Waals surface area contributed by atoms with Gasteiger partial charge in [-0.15, -0.1) is 11.3 Å². The van der Waals surface area contributed by atoms with E-state index in [1.165, 1.54) is 42.4 Å². The minimum Gasteiger partial charge on any atom is -0.456 e. The molecule has 10 rings (SSSR count). The smallest absolute Gasteiger partial charge is 0.164 e. The van der Waals surface area contributed by atoms with Gasteiger partial charge in [0.05, 0.1) is 0 Å². The van der Waals surface area contributed by atoms with Crippen molar-refractivity contribution in [2.24, 2.45) is 0 Å². The van der Waals surface area contributed by atoms with Crippen LogP contribution < -0.4 is 0 Å². The Morgan fingerprint density at radius 2 is 0.800 bits per heavy atom. The molecule has 0 fully saturated rings. The van der Waals surface area contributed by atoms with E-state index in [4.69, 9.17) is 19.4 Å². The molecule has 5 heteroatoms. The molecule has 0 atom stereocenters. The second-order valence-electron chi connectivity index (χ2n) is 12.5. The van der Waals surface area contributed by atoms with Crippen LogP contribution in [0.3, 0.4) is 0 Å². The fraction of sp³-hybridized carbons (Fsp3) is 0. The molecule has 0 aliphatic carbocycles. The van der Waals surface area contributed by atoms with Crippen LogP contribution in [0.15, 0.2) is 168 Å². The Hall–Kier alpha value is -6.43. The number of fused-ring (bicyclic) bond motifs is 6. The highest BCUT2D eigenvalue weighted by Crippen LogP contribution is 2.39. The van der Waals surface area contributed by atoms with Crippen molar-refractivity contribution in [3.05, 3.63) is 164 Å². The predicted octanol–water partition coefficient (Wildman–Crippen LogP) is 12.5. The summed E-state index contributed by atoms with van der Waals surface area (Å²) in [6.07, 6.45) is 0. The topological polar surface area (TPSA) is 51.8 Å². The van der Waals surface area contributed by atoms with E-state index in [0.29, 0.717) is 17.5 Å². The maximum atomic E-state index is 6.21. The SMILES string of the molecule is c1ccc(-c2cccc(-c3ccc4c(c3)sc3cc(-c5nc(-c6ccccc6)nc(-c6ccc7c(c6)oc6ccccc67)n5)ccc34)c2)cc1. The van der Waals surface area contributed by atoms with Gasteiger partial charge in [-0.2, -0.15) is 0 Å². The number of furan rings is 1. The van der Waals surface area contributed by atoms with Gasteiger partial charge in [-0.3, -0.25) is 0 Å². The first-order chi connectivity index (χ1) is 24.7. The van der Waals surface area contributed by atoms with E-state index in [1.807, 2.05) is 54.6 Å². The molecule has 0 saturated carbocycles. The number of aromatic nitrogens is 3. The lowest BCUT2D eigenvalue weighted by atomic mass is 9.98. The van der Waals surface area contributed by atoms with E-state index in [9.17, 15) is 0 Å². The number of rotatable bonds is 5. The summed E-state index contributed by atoms with van der Waals surface area (Å²) >= 11 is 1.80. The molecule has 50 heavy (non-hydrogen) atoms. The van der Waals surface area contributed by atoms with Gasteiger partial charge >= 0.3 is 0 Å². The average molecular weight is 658 g/mol. The predicted molar refractivity (Wildman–Crippen MR) is 207 cm³/mol. The zero-order valence-corrected chi connectivity index (χ0v) is 27.6. The Morgan fingerprint density at radius 1 is 0.320 bits per heavy atom. The Balaban J connectivity index is 1.07. The summed E-state index contributed by atoms with van der Waals surface area (Å²) in [5.74, 6) is 1.88. The molecule has 0 unspecified atom stereocenters. The second kappa shape index (κ2) is 11.6. The molecule has 0 bridgehead atoms. The van der Waals surface area contributed by atoms with Crippen LogP contribution in [0.5, 0.6) is 0 Å². The van der Waals surface area contributed by atoms with Crippen LogP contribution in [0.1, 0.15) is 0 Å². The van der Waals surface area contributed by atoms with Crippen LogP contribution >= 0.6 is 11.3 Å². The Bertz CT molecular complexity index is 2870. The molecule has 234 valence electrons. The first-order valence-electron chi connectivity index (χ1n) is 16.6. The van der Waals surface area contributed by atoms with Crippen molar-refractivity contribution in [1.29, 1.82) is 0 Å². The molecule has 0 aliphatic heterocycles. The molecule has 3 aromatic heterocycles. The summed E-state index contributed by atoms with van der Waals surface area (Å²) in [5, 5.41) is 4.65. The van der Waals surface area contributed by atoms with Gasteiger partial charge in [0, 0.05) is 47.6 Å². The minimum atomic E-state index is 0.607. The molecule has 0 N–H and O–H groups in total. The molecule has 3 heterocycles. The van der Waals surface area contributed by atoms with Crippen molar-refractivity contribution in [3.8, 4) is 56.4 Å². The molecule has 0 aliphatic rings. The summed E-state index contributed by atoms with van der Waals surface area (Å²) < 4.78 is 8.66. The Morgan fingerprint density at radius 3 is 1.52 bits per heavy atom. The third-order valence-corrected chi connectivity index (χ3v) is 10.5. The lowest BCUT2D eigenvalue weighted by Crippen LogP contribution is -2.00. The van der Waals surface area contributed by atoms with E-state index >= 15 is 0 Å². The zero-order valence-electron chi connectivity index (χ0n) is 26.7. The van der Waals surface area contributed by atoms with Crippen LogP contribution in [0, 0.1) is 0 Å². The average Bonchev–Trinajstić information content (AvgIpc) is 3.75. The molecule has 10 aromatic rings. The van der Waals surface area contributed by atoms with E-state index in [-0.39, 0.29) is 0 Å². The first-order valence-corrected chi connectivity index (χ1v) is 17.4. The molecule has 0 radical (unpaired) electrons. The van der Waals surface area contributed by atoms with E-state index < -0.39 is 0 Å². The maximum Gasteiger partial charge on any atom is 0.164 e. The van der Waals surface area contributed by atoms with Crippen LogP contribution in [0.25, 0.3) is 98.5 Å². The van der Waals surface area contributed by atoms with Crippen molar-refractivity contribution in [1.82, 2.24) is 15.0 Å². The molecule has 0 amide bonds. The molecule has 4 nitrogen and oxygen atoms in total. The van der Waals surface area contributed by atoms with Gasteiger partial charge in [-0.25, -0.2) is 15.0 Å². The van der Waals surface area contributed by atoms with Crippen LogP contribution in [-0.2, 0) is 0 Å². The molecule has 0 saturated heterocycles. The van der Waals surface area contributed by atoms with Crippen molar-refractivity contribution in [3.63, 3.8) is 0 Å². The van der Waals surface area contributed by atoms with Crippen molar-refractivity contribution >= 4 is 53.4 Å². The van der Waals surface area contributed by atoms with Gasteiger partial charge in [-0.1, -0.05) is 127 Å². The standard InChI is InChI=1S/C45H27N3OS/c1-3-10-28(11-4-1)30-14-9-15-31(24-30)32-18-22-37-38-23-20-34(27-42(38)50-41(37)26-32)45-47-43(29-12-5-2-6-13-29)46-44(48-45)33-19-21-36-35-16-7-8-17-39(35)49-40(36)25-33/h1-27H. The number of para-hydroxylation sites is 1. The quantitative estimate of drug-likeness (QED) is 0.185. The number of nitrogens with zero attached hydrogens (tertiary/aromatic N) is 3.